The molecule has 8 heteroatoms. The number of nitrogens with zero attached hydrogens (tertiary/aromatic N) is 1. The van der Waals surface area contributed by atoms with Gasteiger partial charge in [0.1, 0.15) is 0 Å². The summed E-state index contributed by atoms with van der Waals surface area (Å²) in [4.78, 5) is 28.5. The minimum atomic E-state index is -2.61. The molecule has 0 unspecified atom stereocenters. The van der Waals surface area contributed by atoms with Crippen molar-refractivity contribution in [3.05, 3.63) is 58.6 Å². The average Bonchev–Trinajstić information content (AvgIpc) is 2.88. The van der Waals surface area contributed by atoms with Crippen LogP contribution in [-0.2, 0) is 11.3 Å². The van der Waals surface area contributed by atoms with E-state index in [2.05, 4.69) is 0 Å². The zero-order valence-corrected chi connectivity index (χ0v) is 19.1. The number of fused-ring (bicyclic) bond motifs is 1. The Hall–Kier alpha value is -1.96. The molecule has 0 spiro atoms. The fourth-order valence-corrected chi connectivity index (χ4v) is 5.32. The van der Waals surface area contributed by atoms with Gasteiger partial charge in [0.25, 0.3) is 0 Å². The Bertz CT molecular complexity index is 1010. The highest BCUT2D eigenvalue weighted by Gasteiger charge is 2.36. The quantitative estimate of drug-likeness (QED) is 0.559. The molecule has 1 fully saturated rings. The third kappa shape index (κ3) is 5.33. The molecule has 4 nitrogen and oxygen atoms in total. The van der Waals surface area contributed by atoms with E-state index in [-0.39, 0.29) is 36.9 Å². The summed E-state index contributed by atoms with van der Waals surface area (Å²) in [6.07, 6.45) is 0.637. The molecular formula is C24H25ClF2N2O2S. The van der Waals surface area contributed by atoms with Gasteiger partial charge in [-0.2, -0.15) is 0 Å². The predicted molar refractivity (Wildman–Crippen MR) is 124 cm³/mol. The zero-order chi connectivity index (χ0) is 22.9. The molecule has 1 aliphatic heterocycles. The number of anilines is 1. The van der Waals surface area contributed by atoms with Crippen molar-refractivity contribution in [2.45, 2.75) is 55.5 Å². The van der Waals surface area contributed by atoms with Crippen molar-refractivity contribution in [2.75, 3.05) is 10.7 Å². The summed E-state index contributed by atoms with van der Waals surface area (Å²) in [7, 11) is 0. The Kier molecular flexibility index (Phi) is 6.89. The maximum absolute atomic E-state index is 13.4. The molecule has 2 aromatic carbocycles. The number of hydrogen-bond donors (Lipinski definition) is 1. The molecule has 1 saturated carbocycles. The van der Waals surface area contributed by atoms with Gasteiger partial charge in [-0.1, -0.05) is 29.8 Å². The van der Waals surface area contributed by atoms with E-state index in [0.29, 0.717) is 41.4 Å². The first kappa shape index (κ1) is 23.2. The lowest BCUT2D eigenvalue weighted by Crippen LogP contribution is -2.44. The molecule has 0 radical (unpaired) electrons. The lowest BCUT2D eigenvalue weighted by Gasteiger charge is -2.28. The van der Waals surface area contributed by atoms with Gasteiger partial charge in [-0.15, -0.1) is 11.8 Å². The standard InChI is InChI=1S/C24H25ClF2N2O2S/c25-18-4-1-16(2-5-18)13-29-20-12-17(3-6-22(20)32-14-19(28)23(29)31)21(30)11-15-7-9-24(26,27)10-8-15/h1-6,12,15,19H,7-11,13-14,28H2/t19-/m0/s1. The van der Waals surface area contributed by atoms with E-state index in [4.69, 9.17) is 17.3 Å². The molecule has 4 rings (SSSR count). The van der Waals surface area contributed by atoms with Crippen LogP contribution in [0.2, 0.25) is 5.02 Å². The van der Waals surface area contributed by atoms with Crippen molar-refractivity contribution in [1.29, 1.82) is 0 Å². The van der Waals surface area contributed by atoms with Crippen LogP contribution in [-0.4, -0.2) is 29.4 Å². The van der Waals surface area contributed by atoms with E-state index in [0.717, 1.165) is 10.5 Å². The molecule has 1 amide bonds. The number of benzene rings is 2. The van der Waals surface area contributed by atoms with Crippen LogP contribution in [0, 0.1) is 5.92 Å². The van der Waals surface area contributed by atoms with Gasteiger partial charge in [-0.05, 0) is 48.6 Å². The van der Waals surface area contributed by atoms with Crippen molar-refractivity contribution in [3.63, 3.8) is 0 Å². The van der Waals surface area contributed by atoms with Gasteiger partial charge in [-0.25, -0.2) is 8.78 Å². The number of carbonyl (C=O) groups is 2. The first-order chi connectivity index (χ1) is 15.2. The highest BCUT2D eigenvalue weighted by atomic mass is 35.5. The Balaban J connectivity index is 1.57. The van der Waals surface area contributed by atoms with Crippen LogP contribution < -0.4 is 10.6 Å². The molecule has 32 heavy (non-hydrogen) atoms. The molecule has 2 aliphatic rings. The van der Waals surface area contributed by atoms with Crippen LogP contribution in [0.4, 0.5) is 14.5 Å². The van der Waals surface area contributed by atoms with Crippen LogP contribution in [0.25, 0.3) is 0 Å². The van der Waals surface area contributed by atoms with Gasteiger partial charge < -0.3 is 10.6 Å². The molecule has 0 saturated heterocycles. The number of alkyl halides is 2. The van der Waals surface area contributed by atoms with Crippen molar-refractivity contribution < 1.29 is 18.4 Å². The predicted octanol–water partition coefficient (Wildman–Crippen LogP) is 5.70. The number of amides is 1. The summed E-state index contributed by atoms with van der Waals surface area (Å²) in [6.45, 7) is 0.312. The topological polar surface area (TPSA) is 63.4 Å². The monoisotopic (exact) mass is 478 g/mol. The van der Waals surface area contributed by atoms with E-state index >= 15 is 0 Å². The van der Waals surface area contributed by atoms with Gasteiger partial charge in [-0.3, -0.25) is 9.59 Å². The fraction of sp³-hybridized carbons (Fsp3) is 0.417. The highest BCUT2D eigenvalue weighted by molar-refractivity contribution is 7.99. The largest absolute Gasteiger partial charge is 0.319 e. The van der Waals surface area contributed by atoms with E-state index in [1.807, 2.05) is 18.2 Å². The van der Waals surface area contributed by atoms with E-state index < -0.39 is 12.0 Å². The first-order valence-electron chi connectivity index (χ1n) is 10.7. The number of nitrogens with two attached hydrogens (primary N) is 1. The van der Waals surface area contributed by atoms with Crippen LogP contribution in [0.5, 0.6) is 0 Å². The van der Waals surface area contributed by atoms with Crippen LogP contribution in [0.3, 0.4) is 0 Å². The number of carbonyl (C=O) groups excluding carboxylic acids is 2. The highest BCUT2D eigenvalue weighted by Crippen LogP contribution is 2.39. The van der Waals surface area contributed by atoms with Crippen molar-refractivity contribution >= 4 is 40.7 Å². The number of Topliss-reactive ketones (excluding diaryl/α,β-unsaturated/α-hetero) is 1. The van der Waals surface area contributed by atoms with Gasteiger partial charge in [0.2, 0.25) is 11.8 Å². The SMILES string of the molecule is N[C@H]1CSc2ccc(C(=O)CC3CCC(F)(F)CC3)cc2N(Cc2ccc(Cl)cc2)C1=O. The lowest BCUT2D eigenvalue weighted by molar-refractivity contribution is -0.119. The van der Waals surface area contributed by atoms with Gasteiger partial charge in [0, 0.05) is 40.5 Å². The van der Waals surface area contributed by atoms with E-state index in [1.165, 1.54) is 11.8 Å². The summed E-state index contributed by atoms with van der Waals surface area (Å²) < 4.78 is 26.9. The molecule has 1 atom stereocenters. The minimum absolute atomic E-state index is 0.0319. The summed E-state index contributed by atoms with van der Waals surface area (Å²) >= 11 is 7.47. The van der Waals surface area contributed by atoms with Crippen molar-refractivity contribution in [2.24, 2.45) is 11.7 Å². The zero-order valence-electron chi connectivity index (χ0n) is 17.5. The third-order valence-corrected chi connectivity index (χ3v) is 7.57. The number of ketones is 1. The van der Waals surface area contributed by atoms with Gasteiger partial charge in [0.15, 0.2) is 5.78 Å². The summed E-state index contributed by atoms with van der Waals surface area (Å²) in [6, 6.07) is 11.9. The molecular weight excluding hydrogens is 454 g/mol. The van der Waals surface area contributed by atoms with E-state index in [1.54, 1.807) is 29.2 Å². The maximum Gasteiger partial charge on any atom is 0.248 e. The second kappa shape index (κ2) is 9.49. The molecule has 170 valence electrons. The Morgan fingerprint density at radius 1 is 1.16 bits per heavy atom. The van der Waals surface area contributed by atoms with Gasteiger partial charge in [0.05, 0.1) is 18.3 Å². The van der Waals surface area contributed by atoms with Crippen LogP contribution >= 0.6 is 23.4 Å². The normalized spacial score (nSPS) is 21.2. The second-order valence-electron chi connectivity index (χ2n) is 8.58. The molecule has 0 aromatic heterocycles. The number of hydrogen-bond acceptors (Lipinski definition) is 4. The number of rotatable bonds is 5. The third-order valence-electron chi connectivity index (χ3n) is 6.14. The molecule has 1 heterocycles. The Morgan fingerprint density at radius 3 is 2.53 bits per heavy atom. The number of thioether (sulfide) groups is 1. The minimum Gasteiger partial charge on any atom is -0.319 e. The average molecular weight is 479 g/mol. The Labute approximate surface area is 195 Å². The molecule has 1 aliphatic carbocycles. The summed E-state index contributed by atoms with van der Waals surface area (Å²) in [5, 5.41) is 0.608. The van der Waals surface area contributed by atoms with Gasteiger partial charge >= 0.3 is 0 Å². The summed E-state index contributed by atoms with van der Waals surface area (Å²) in [5.41, 5.74) is 8.15. The maximum atomic E-state index is 13.4. The van der Waals surface area contributed by atoms with Crippen molar-refractivity contribution in [3.8, 4) is 0 Å². The summed E-state index contributed by atoms with van der Waals surface area (Å²) in [5.74, 6) is -2.48. The lowest BCUT2D eigenvalue weighted by atomic mass is 9.83. The van der Waals surface area contributed by atoms with E-state index in [9.17, 15) is 18.4 Å². The first-order valence-corrected chi connectivity index (χ1v) is 12.1. The molecule has 0 bridgehead atoms. The number of halogens is 3. The molecule has 2 aromatic rings. The van der Waals surface area contributed by atoms with Crippen molar-refractivity contribution in [1.82, 2.24) is 0 Å². The smallest absolute Gasteiger partial charge is 0.248 e. The fourth-order valence-electron chi connectivity index (χ4n) is 4.21. The molecule has 2 N–H and O–H groups in total. The van der Waals surface area contributed by atoms with Crippen LogP contribution in [0.15, 0.2) is 47.4 Å². The second-order valence-corrected chi connectivity index (χ2v) is 10.1. The Morgan fingerprint density at radius 2 is 1.84 bits per heavy atom. The van der Waals surface area contributed by atoms with Crippen LogP contribution in [0.1, 0.15) is 48.0 Å².